The number of nitrogens with zero attached hydrogens (tertiary/aromatic N) is 2. The van der Waals surface area contributed by atoms with Crippen molar-refractivity contribution < 1.29 is 23.8 Å². The maximum absolute atomic E-state index is 11.9. The SMILES string of the molecule is Cc1ccc(C(C(=O)O)N2CCO[C@@H](CN3CCC(Oc4ccc(Cl)c(Cl)c4)CC3)C2)o1. The summed E-state index contributed by atoms with van der Waals surface area (Å²) in [6, 6.07) is 8.09. The molecule has 1 N–H and O–H groups in total. The maximum atomic E-state index is 11.9. The number of carboxylic acid groups (broad SMARTS) is 1. The van der Waals surface area contributed by atoms with Gasteiger partial charge in [0.1, 0.15) is 23.4 Å². The Morgan fingerprint density at radius 3 is 2.62 bits per heavy atom. The van der Waals surface area contributed by atoms with Crippen LogP contribution in [-0.4, -0.2) is 72.4 Å². The third-order valence-electron chi connectivity index (χ3n) is 5.99. The molecule has 2 fully saturated rings. The summed E-state index contributed by atoms with van der Waals surface area (Å²) in [5.74, 6) is 1.01. The highest BCUT2D eigenvalue weighted by atomic mass is 35.5. The number of benzene rings is 1. The molecule has 2 aliphatic rings. The van der Waals surface area contributed by atoms with E-state index in [1.165, 1.54) is 0 Å². The number of ether oxygens (including phenoxy) is 2. The molecule has 2 aromatic rings. The third-order valence-corrected chi connectivity index (χ3v) is 6.73. The molecule has 9 heteroatoms. The van der Waals surface area contributed by atoms with Crippen LogP contribution in [0.3, 0.4) is 0 Å². The molecule has 174 valence electrons. The number of carboxylic acids is 1. The first kappa shape index (κ1) is 23.4. The zero-order valence-electron chi connectivity index (χ0n) is 18.0. The van der Waals surface area contributed by atoms with Crippen molar-refractivity contribution in [2.24, 2.45) is 0 Å². The van der Waals surface area contributed by atoms with Crippen LogP contribution in [0.15, 0.2) is 34.7 Å². The topological polar surface area (TPSA) is 75.4 Å². The molecule has 3 heterocycles. The number of likely N-dealkylation sites (tertiary alicyclic amines) is 1. The van der Waals surface area contributed by atoms with Gasteiger partial charge in [-0.15, -0.1) is 0 Å². The fraction of sp³-hybridized carbons (Fsp3) is 0.522. The van der Waals surface area contributed by atoms with E-state index in [0.29, 0.717) is 41.3 Å². The molecule has 2 atom stereocenters. The fourth-order valence-corrected chi connectivity index (χ4v) is 4.67. The Labute approximate surface area is 197 Å². The Kier molecular flexibility index (Phi) is 7.63. The lowest BCUT2D eigenvalue weighted by molar-refractivity contribution is -0.148. The van der Waals surface area contributed by atoms with Crippen LogP contribution in [0.25, 0.3) is 0 Å². The maximum Gasteiger partial charge on any atom is 0.328 e. The molecular formula is C23H28Cl2N2O5. The second kappa shape index (κ2) is 10.4. The Bertz CT molecular complexity index is 929. The fourth-order valence-electron chi connectivity index (χ4n) is 4.39. The first-order valence-electron chi connectivity index (χ1n) is 10.9. The highest BCUT2D eigenvalue weighted by Gasteiger charge is 2.35. The summed E-state index contributed by atoms with van der Waals surface area (Å²) in [6.07, 6.45) is 1.89. The highest BCUT2D eigenvalue weighted by molar-refractivity contribution is 6.42. The van der Waals surface area contributed by atoms with Gasteiger partial charge in [-0.3, -0.25) is 9.69 Å². The van der Waals surface area contributed by atoms with Crippen LogP contribution in [0.1, 0.15) is 30.4 Å². The van der Waals surface area contributed by atoms with Gasteiger partial charge in [0.2, 0.25) is 0 Å². The van der Waals surface area contributed by atoms with E-state index in [2.05, 4.69) is 4.90 Å². The van der Waals surface area contributed by atoms with Gasteiger partial charge >= 0.3 is 5.97 Å². The number of aryl methyl sites for hydroxylation is 1. The molecule has 4 rings (SSSR count). The first-order chi connectivity index (χ1) is 15.4. The van der Waals surface area contributed by atoms with E-state index in [-0.39, 0.29) is 12.2 Å². The summed E-state index contributed by atoms with van der Waals surface area (Å²) < 4.78 is 17.7. The zero-order chi connectivity index (χ0) is 22.7. The minimum atomic E-state index is -0.903. The molecular weight excluding hydrogens is 455 g/mol. The second-order valence-corrected chi connectivity index (χ2v) is 9.19. The normalized spacial score (nSPS) is 22.0. The molecule has 0 saturated carbocycles. The molecule has 1 unspecified atom stereocenters. The third kappa shape index (κ3) is 5.77. The molecule has 32 heavy (non-hydrogen) atoms. The molecule has 7 nitrogen and oxygen atoms in total. The Hall–Kier alpha value is -1.77. The summed E-state index contributed by atoms with van der Waals surface area (Å²) in [5.41, 5.74) is 0. The molecule has 0 spiro atoms. The minimum Gasteiger partial charge on any atom is -0.490 e. The lowest BCUT2D eigenvalue weighted by atomic mass is 10.1. The quantitative estimate of drug-likeness (QED) is 0.631. The van der Waals surface area contributed by atoms with Crippen LogP contribution >= 0.6 is 23.2 Å². The first-order valence-corrected chi connectivity index (χ1v) is 11.6. The molecule has 0 radical (unpaired) electrons. The minimum absolute atomic E-state index is 0.0470. The van der Waals surface area contributed by atoms with Crippen LogP contribution in [0.2, 0.25) is 10.0 Å². The van der Waals surface area contributed by atoms with Crippen LogP contribution in [-0.2, 0) is 9.53 Å². The molecule has 1 aromatic heterocycles. The zero-order valence-corrected chi connectivity index (χ0v) is 19.5. The van der Waals surface area contributed by atoms with Crippen LogP contribution in [0.5, 0.6) is 5.75 Å². The number of furan rings is 1. The molecule has 2 saturated heterocycles. The average molecular weight is 483 g/mol. The van der Waals surface area contributed by atoms with Crippen molar-refractivity contribution >= 4 is 29.2 Å². The average Bonchev–Trinajstić information content (AvgIpc) is 3.18. The van der Waals surface area contributed by atoms with Gasteiger partial charge in [-0.2, -0.15) is 0 Å². The molecule has 2 aliphatic heterocycles. The Morgan fingerprint density at radius 1 is 1.19 bits per heavy atom. The molecule has 0 amide bonds. The standard InChI is InChI=1S/C23H28Cl2N2O5/c1-15-2-5-21(31-15)22(23(28)29)27-10-11-30-18(14-27)13-26-8-6-16(7-9-26)32-17-3-4-19(24)20(25)12-17/h2-5,12,16,18,22H,6-11,13-14H2,1H3,(H,28,29)/t18-,22?/m0/s1. The van der Waals surface area contributed by atoms with E-state index in [4.69, 9.17) is 37.1 Å². The molecule has 0 bridgehead atoms. The number of piperidine rings is 1. The highest BCUT2D eigenvalue weighted by Crippen LogP contribution is 2.29. The van der Waals surface area contributed by atoms with Gasteiger partial charge in [0.05, 0.1) is 22.8 Å². The lowest BCUT2D eigenvalue weighted by Gasteiger charge is -2.39. The predicted molar refractivity (Wildman–Crippen MR) is 122 cm³/mol. The summed E-state index contributed by atoms with van der Waals surface area (Å²) in [6.45, 7) is 5.99. The van der Waals surface area contributed by atoms with Crippen molar-refractivity contribution in [2.45, 2.75) is 38.0 Å². The van der Waals surface area contributed by atoms with E-state index in [1.54, 1.807) is 24.3 Å². The van der Waals surface area contributed by atoms with Gasteiger partial charge in [-0.05, 0) is 44.0 Å². The van der Waals surface area contributed by atoms with E-state index in [9.17, 15) is 9.90 Å². The number of aliphatic carboxylic acids is 1. The predicted octanol–water partition coefficient (Wildman–Crippen LogP) is 4.26. The number of rotatable bonds is 7. The number of hydrogen-bond donors (Lipinski definition) is 1. The van der Waals surface area contributed by atoms with E-state index in [0.717, 1.165) is 38.2 Å². The van der Waals surface area contributed by atoms with Crippen molar-refractivity contribution in [3.63, 3.8) is 0 Å². The van der Waals surface area contributed by atoms with Crippen molar-refractivity contribution in [3.05, 3.63) is 51.9 Å². The van der Waals surface area contributed by atoms with Gasteiger partial charge in [-0.1, -0.05) is 23.2 Å². The number of hydrogen-bond acceptors (Lipinski definition) is 6. The van der Waals surface area contributed by atoms with Crippen molar-refractivity contribution in [3.8, 4) is 5.75 Å². The van der Waals surface area contributed by atoms with Crippen molar-refractivity contribution in [1.29, 1.82) is 0 Å². The van der Waals surface area contributed by atoms with E-state index >= 15 is 0 Å². The van der Waals surface area contributed by atoms with E-state index < -0.39 is 12.0 Å². The van der Waals surface area contributed by atoms with Gasteiger partial charge in [0, 0.05) is 38.8 Å². The van der Waals surface area contributed by atoms with Crippen molar-refractivity contribution in [2.75, 3.05) is 39.3 Å². The van der Waals surface area contributed by atoms with Gasteiger partial charge in [-0.25, -0.2) is 0 Å². The summed E-state index contributed by atoms with van der Waals surface area (Å²) >= 11 is 12.0. The van der Waals surface area contributed by atoms with Crippen molar-refractivity contribution in [1.82, 2.24) is 9.80 Å². The van der Waals surface area contributed by atoms with Gasteiger partial charge in [0.25, 0.3) is 0 Å². The number of morpholine rings is 1. The van der Waals surface area contributed by atoms with E-state index in [1.807, 2.05) is 17.9 Å². The monoisotopic (exact) mass is 482 g/mol. The molecule has 1 aromatic carbocycles. The Balaban J connectivity index is 1.28. The summed E-state index contributed by atoms with van der Waals surface area (Å²) in [4.78, 5) is 16.2. The summed E-state index contributed by atoms with van der Waals surface area (Å²) in [5, 5.41) is 10.8. The van der Waals surface area contributed by atoms with Crippen LogP contribution < -0.4 is 4.74 Å². The number of halogens is 2. The second-order valence-electron chi connectivity index (χ2n) is 8.37. The summed E-state index contributed by atoms with van der Waals surface area (Å²) in [7, 11) is 0. The van der Waals surface area contributed by atoms with Gasteiger partial charge in [0.15, 0.2) is 6.04 Å². The smallest absolute Gasteiger partial charge is 0.328 e. The van der Waals surface area contributed by atoms with Crippen LogP contribution in [0.4, 0.5) is 0 Å². The Morgan fingerprint density at radius 2 is 1.97 bits per heavy atom. The number of carbonyl (C=O) groups is 1. The lowest BCUT2D eigenvalue weighted by Crippen LogP contribution is -2.51. The largest absolute Gasteiger partial charge is 0.490 e. The molecule has 0 aliphatic carbocycles. The van der Waals surface area contributed by atoms with Crippen LogP contribution in [0, 0.1) is 6.92 Å². The van der Waals surface area contributed by atoms with Gasteiger partial charge < -0.3 is 23.9 Å².